The summed E-state index contributed by atoms with van der Waals surface area (Å²) >= 11 is 0. The van der Waals surface area contributed by atoms with Gasteiger partial charge in [0.05, 0.1) is 30.0 Å². The second kappa shape index (κ2) is 8.55. The van der Waals surface area contributed by atoms with Crippen molar-refractivity contribution in [2.24, 2.45) is 0 Å². The third kappa shape index (κ3) is 4.01. The van der Waals surface area contributed by atoms with Crippen LogP contribution in [0.5, 0.6) is 0 Å². The molecule has 0 N–H and O–H groups in total. The Morgan fingerprint density at radius 3 is 2.69 bits per heavy atom. The SMILES string of the molecule is Cc1ccc(CC(=O)N2CCN(C)[C@H](c3ncn4cc(-c5cccnc5)ccc34)C2)cc1. The van der Waals surface area contributed by atoms with Gasteiger partial charge in [-0.2, -0.15) is 0 Å². The summed E-state index contributed by atoms with van der Waals surface area (Å²) in [6.07, 6.45) is 8.04. The van der Waals surface area contributed by atoms with Crippen LogP contribution in [-0.2, 0) is 11.2 Å². The molecule has 6 heteroatoms. The number of piperazine rings is 1. The first-order valence-corrected chi connectivity index (χ1v) is 11.0. The number of imidazole rings is 1. The van der Waals surface area contributed by atoms with Crippen molar-refractivity contribution < 1.29 is 4.79 Å². The van der Waals surface area contributed by atoms with Crippen LogP contribution < -0.4 is 0 Å². The van der Waals surface area contributed by atoms with Crippen LogP contribution in [-0.4, -0.2) is 56.8 Å². The Bertz CT molecular complexity index is 1230. The number of carbonyl (C=O) groups is 1. The van der Waals surface area contributed by atoms with Crippen molar-refractivity contribution >= 4 is 11.4 Å². The maximum Gasteiger partial charge on any atom is 0.227 e. The van der Waals surface area contributed by atoms with Gasteiger partial charge < -0.3 is 9.30 Å². The van der Waals surface area contributed by atoms with Crippen molar-refractivity contribution in [3.8, 4) is 11.1 Å². The number of carbonyl (C=O) groups excluding carboxylic acids is 1. The van der Waals surface area contributed by atoms with E-state index in [2.05, 4.69) is 64.8 Å². The van der Waals surface area contributed by atoms with Crippen molar-refractivity contribution in [1.29, 1.82) is 0 Å². The second-order valence-corrected chi connectivity index (χ2v) is 8.58. The molecule has 1 amide bonds. The predicted octanol–water partition coefficient (Wildman–Crippen LogP) is 3.76. The highest BCUT2D eigenvalue weighted by Gasteiger charge is 2.31. The number of likely N-dealkylation sites (N-methyl/N-ethyl adjacent to an activating group) is 1. The minimum Gasteiger partial charge on any atom is -0.339 e. The zero-order chi connectivity index (χ0) is 22.1. The quantitative estimate of drug-likeness (QED) is 0.500. The van der Waals surface area contributed by atoms with E-state index in [1.807, 2.05) is 35.6 Å². The lowest BCUT2D eigenvalue weighted by Gasteiger charge is -2.39. The van der Waals surface area contributed by atoms with Crippen molar-refractivity contribution in [1.82, 2.24) is 24.2 Å². The highest BCUT2D eigenvalue weighted by Crippen LogP contribution is 2.28. The van der Waals surface area contributed by atoms with Crippen LogP contribution in [0.4, 0.5) is 0 Å². The fraction of sp³-hybridized carbons (Fsp3) is 0.269. The van der Waals surface area contributed by atoms with Gasteiger partial charge in [0.25, 0.3) is 0 Å². The van der Waals surface area contributed by atoms with Gasteiger partial charge in [-0.25, -0.2) is 4.98 Å². The van der Waals surface area contributed by atoms with Crippen molar-refractivity contribution in [3.63, 3.8) is 0 Å². The summed E-state index contributed by atoms with van der Waals surface area (Å²) in [5.41, 5.74) is 6.53. The van der Waals surface area contributed by atoms with Crippen LogP contribution in [0.25, 0.3) is 16.6 Å². The molecule has 1 aliphatic heterocycles. The van der Waals surface area contributed by atoms with Crippen molar-refractivity contribution in [2.45, 2.75) is 19.4 Å². The Labute approximate surface area is 188 Å². The van der Waals surface area contributed by atoms with E-state index in [0.29, 0.717) is 13.0 Å². The molecule has 0 unspecified atom stereocenters. The average Bonchev–Trinajstić information content (AvgIpc) is 3.24. The zero-order valence-corrected chi connectivity index (χ0v) is 18.5. The standard InChI is InChI=1S/C26H27N5O/c1-19-5-7-20(8-6-19)14-25(32)30-13-12-29(2)24(17-30)26-23-10-9-22(16-31(23)18-28-26)21-4-3-11-27-15-21/h3-11,15-16,18,24H,12-14,17H2,1-2H3/t24-/m0/s1. The molecule has 32 heavy (non-hydrogen) atoms. The number of nitrogens with zero attached hydrogens (tertiary/aromatic N) is 5. The Hall–Kier alpha value is -3.51. The third-order valence-corrected chi connectivity index (χ3v) is 6.35. The predicted molar refractivity (Wildman–Crippen MR) is 125 cm³/mol. The van der Waals surface area contributed by atoms with Gasteiger partial charge in [0.1, 0.15) is 0 Å². The van der Waals surface area contributed by atoms with E-state index in [1.165, 1.54) is 5.56 Å². The molecule has 0 spiro atoms. The van der Waals surface area contributed by atoms with Gasteiger partial charge in [-0.05, 0) is 37.2 Å². The second-order valence-electron chi connectivity index (χ2n) is 8.58. The summed E-state index contributed by atoms with van der Waals surface area (Å²) in [7, 11) is 2.11. The first kappa shape index (κ1) is 20.4. The topological polar surface area (TPSA) is 53.7 Å². The first-order chi connectivity index (χ1) is 15.6. The normalized spacial score (nSPS) is 17.1. The number of pyridine rings is 2. The summed E-state index contributed by atoms with van der Waals surface area (Å²) in [6.45, 7) is 4.29. The first-order valence-electron chi connectivity index (χ1n) is 11.0. The summed E-state index contributed by atoms with van der Waals surface area (Å²) in [6, 6.07) is 16.5. The summed E-state index contributed by atoms with van der Waals surface area (Å²) in [4.78, 5) is 26.3. The lowest BCUT2D eigenvalue weighted by atomic mass is 10.0. The number of hydrogen-bond acceptors (Lipinski definition) is 4. The molecule has 1 saturated heterocycles. The lowest BCUT2D eigenvalue weighted by molar-refractivity contribution is -0.133. The highest BCUT2D eigenvalue weighted by atomic mass is 16.2. The molecule has 4 aromatic rings. The van der Waals surface area contributed by atoms with Gasteiger partial charge >= 0.3 is 0 Å². The van der Waals surface area contributed by atoms with E-state index in [-0.39, 0.29) is 11.9 Å². The number of aryl methyl sites for hydroxylation is 1. The fourth-order valence-corrected chi connectivity index (χ4v) is 4.37. The number of rotatable bonds is 4. The van der Waals surface area contributed by atoms with Gasteiger partial charge in [-0.1, -0.05) is 42.0 Å². The highest BCUT2D eigenvalue weighted by molar-refractivity contribution is 5.79. The van der Waals surface area contributed by atoms with Crippen molar-refractivity contribution in [2.75, 3.05) is 26.7 Å². The van der Waals surface area contributed by atoms with Crippen LogP contribution in [0.15, 0.2) is 73.4 Å². The van der Waals surface area contributed by atoms with Gasteiger partial charge in [0.2, 0.25) is 5.91 Å². The molecule has 0 saturated carbocycles. The number of benzene rings is 1. The van der Waals surface area contributed by atoms with E-state index < -0.39 is 0 Å². The largest absolute Gasteiger partial charge is 0.339 e. The maximum absolute atomic E-state index is 13.0. The average molecular weight is 426 g/mol. The van der Waals surface area contributed by atoms with Gasteiger partial charge in [-0.15, -0.1) is 0 Å². The van der Waals surface area contributed by atoms with Gasteiger partial charge in [0.15, 0.2) is 0 Å². The molecule has 3 aromatic heterocycles. The molecule has 0 aliphatic carbocycles. The molecule has 1 atom stereocenters. The Balaban J connectivity index is 1.37. The minimum absolute atomic E-state index is 0.0694. The summed E-state index contributed by atoms with van der Waals surface area (Å²) < 4.78 is 2.07. The molecule has 1 aromatic carbocycles. The van der Waals surface area contributed by atoms with E-state index >= 15 is 0 Å². The Kier molecular flexibility index (Phi) is 5.45. The Morgan fingerprint density at radius 1 is 1.06 bits per heavy atom. The fourth-order valence-electron chi connectivity index (χ4n) is 4.37. The molecule has 162 valence electrons. The molecule has 0 radical (unpaired) electrons. The molecule has 1 aliphatic rings. The number of hydrogen-bond donors (Lipinski definition) is 0. The third-order valence-electron chi connectivity index (χ3n) is 6.35. The smallest absolute Gasteiger partial charge is 0.227 e. The van der Waals surface area contributed by atoms with Gasteiger partial charge in [-0.3, -0.25) is 14.7 Å². The molecule has 6 nitrogen and oxygen atoms in total. The van der Waals surface area contributed by atoms with Crippen molar-refractivity contribution in [3.05, 3.63) is 90.3 Å². The van der Waals surface area contributed by atoms with Crippen LogP contribution in [0, 0.1) is 6.92 Å². The van der Waals surface area contributed by atoms with E-state index in [0.717, 1.165) is 41.0 Å². The monoisotopic (exact) mass is 425 g/mol. The number of aromatic nitrogens is 3. The number of fused-ring (bicyclic) bond motifs is 1. The Morgan fingerprint density at radius 2 is 1.91 bits per heavy atom. The minimum atomic E-state index is 0.0694. The molecule has 4 heterocycles. The van der Waals surface area contributed by atoms with E-state index in [9.17, 15) is 4.79 Å². The molecule has 5 rings (SSSR count). The summed E-state index contributed by atoms with van der Waals surface area (Å²) in [5.74, 6) is 0.175. The molecule has 0 bridgehead atoms. The molecular weight excluding hydrogens is 398 g/mol. The molecule has 1 fully saturated rings. The maximum atomic E-state index is 13.0. The van der Waals surface area contributed by atoms with Crippen LogP contribution in [0.1, 0.15) is 22.9 Å². The lowest BCUT2D eigenvalue weighted by Crippen LogP contribution is -2.49. The van der Waals surface area contributed by atoms with Crippen LogP contribution in [0.2, 0.25) is 0 Å². The zero-order valence-electron chi connectivity index (χ0n) is 18.5. The van der Waals surface area contributed by atoms with E-state index in [4.69, 9.17) is 4.98 Å². The van der Waals surface area contributed by atoms with E-state index in [1.54, 1.807) is 6.20 Å². The molecular formula is C26H27N5O. The summed E-state index contributed by atoms with van der Waals surface area (Å²) in [5, 5.41) is 0. The van der Waals surface area contributed by atoms with Crippen LogP contribution >= 0.6 is 0 Å². The number of amides is 1. The van der Waals surface area contributed by atoms with Crippen LogP contribution in [0.3, 0.4) is 0 Å². The van der Waals surface area contributed by atoms with Gasteiger partial charge in [0, 0.05) is 43.8 Å².